The van der Waals surface area contributed by atoms with Crippen LogP contribution in [0.5, 0.6) is 0 Å². The number of nitrogens with zero attached hydrogens (tertiary/aromatic N) is 2. The van der Waals surface area contributed by atoms with Gasteiger partial charge in [-0.2, -0.15) is 5.26 Å². The predicted octanol–water partition coefficient (Wildman–Crippen LogP) is 3.04. The van der Waals surface area contributed by atoms with Crippen molar-refractivity contribution in [1.29, 1.82) is 5.26 Å². The summed E-state index contributed by atoms with van der Waals surface area (Å²) in [6.07, 6.45) is 0.793. The van der Waals surface area contributed by atoms with E-state index in [2.05, 4.69) is 5.32 Å². The lowest BCUT2D eigenvalue weighted by atomic mass is 10.1. The molecule has 0 unspecified atom stereocenters. The first-order chi connectivity index (χ1) is 10.6. The van der Waals surface area contributed by atoms with Crippen molar-refractivity contribution >= 4 is 17.3 Å². The summed E-state index contributed by atoms with van der Waals surface area (Å²) in [6.45, 7) is 0. The van der Waals surface area contributed by atoms with Gasteiger partial charge in [0.2, 0.25) is 5.91 Å². The van der Waals surface area contributed by atoms with Gasteiger partial charge in [0.05, 0.1) is 16.6 Å². The van der Waals surface area contributed by atoms with Gasteiger partial charge in [-0.05, 0) is 30.2 Å². The van der Waals surface area contributed by atoms with Crippen molar-refractivity contribution in [3.63, 3.8) is 0 Å². The molecule has 22 heavy (non-hydrogen) atoms. The zero-order chi connectivity index (χ0) is 15.9. The summed E-state index contributed by atoms with van der Waals surface area (Å²) in [5.74, 6) is -0.218. The van der Waals surface area contributed by atoms with Gasteiger partial charge < -0.3 is 5.32 Å². The summed E-state index contributed by atoms with van der Waals surface area (Å²) < 4.78 is 0. The number of nitriles is 1. The standard InChI is InChI=1S/C16H13N3O3/c17-11-13-6-4-12(5-7-13)8-9-16(20)18-14-2-1-3-15(10-14)19(21)22/h1-7,10H,8-9H2,(H,18,20). The van der Waals surface area contributed by atoms with Crippen LogP contribution in [0, 0.1) is 21.4 Å². The van der Waals surface area contributed by atoms with Crippen molar-refractivity contribution in [1.82, 2.24) is 0 Å². The Labute approximate surface area is 127 Å². The van der Waals surface area contributed by atoms with Crippen molar-refractivity contribution < 1.29 is 9.72 Å². The highest BCUT2D eigenvalue weighted by molar-refractivity contribution is 5.91. The number of amides is 1. The summed E-state index contributed by atoms with van der Waals surface area (Å²) >= 11 is 0. The van der Waals surface area contributed by atoms with Gasteiger partial charge in [0.1, 0.15) is 0 Å². The number of nitro groups is 1. The highest BCUT2D eigenvalue weighted by atomic mass is 16.6. The molecule has 2 aromatic carbocycles. The molecule has 0 fully saturated rings. The molecule has 0 radical (unpaired) electrons. The quantitative estimate of drug-likeness (QED) is 0.677. The van der Waals surface area contributed by atoms with E-state index < -0.39 is 4.92 Å². The van der Waals surface area contributed by atoms with Crippen LogP contribution in [0.1, 0.15) is 17.5 Å². The van der Waals surface area contributed by atoms with Gasteiger partial charge in [0, 0.05) is 24.2 Å². The first kappa shape index (κ1) is 15.2. The molecule has 0 spiro atoms. The summed E-state index contributed by atoms with van der Waals surface area (Å²) in [5.41, 5.74) is 1.86. The number of hydrogen-bond donors (Lipinski definition) is 1. The molecule has 0 saturated heterocycles. The Morgan fingerprint density at radius 3 is 2.59 bits per heavy atom. The van der Waals surface area contributed by atoms with Crippen LogP contribution in [0.25, 0.3) is 0 Å². The van der Waals surface area contributed by atoms with E-state index in [1.807, 2.05) is 6.07 Å². The third kappa shape index (κ3) is 4.15. The lowest BCUT2D eigenvalue weighted by Gasteiger charge is -2.05. The second kappa shape index (κ2) is 6.99. The fourth-order valence-corrected chi connectivity index (χ4v) is 1.92. The van der Waals surface area contributed by atoms with Crippen LogP contribution in [0.4, 0.5) is 11.4 Å². The number of aryl methyl sites for hydroxylation is 1. The van der Waals surface area contributed by atoms with Crippen LogP contribution in [-0.2, 0) is 11.2 Å². The lowest BCUT2D eigenvalue weighted by molar-refractivity contribution is -0.384. The smallest absolute Gasteiger partial charge is 0.271 e. The average molecular weight is 295 g/mol. The summed E-state index contributed by atoms with van der Waals surface area (Å²) in [4.78, 5) is 22.0. The number of hydrogen-bond acceptors (Lipinski definition) is 4. The Balaban J connectivity index is 1.91. The Bertz CT molecular complexity index is 733. The Morgan fingerprint density at radius 2 is 1.95 bits per heavy atom. The van der Waals surface area contributed by atoms with E-state index in [4.69, 9.17) is 5.26 Å². The zero-order valence-electron chi connectivity index (χ0n) is 11.7. The van der Waals surface area contributed by atoms with Crippen LogP contribution in [0.2, 0.25) is 0 Å². The van der Waals surface area contributed by atoms with Crippen molar-refractivity contribution in [2.45, 2.75) is 12.8 Å². The van der Waals surface area contributed by atoms with Gasteiger partial charge in [0.15, 0.2) is 0 Å². The van der Waals surface area contributed by atoms with E-state index in [0.29, 0.717) is 17.7 Å². The van der Waals surface area contributed by atoms with Crippen LogP contribution in [0.15, 0.2) is 48.5 Å². The average Bonchev–Trinajstić information content (AvgIpc) is 2.53. The van der Waals surface area contributed by atoms with Crippen LogP contribution in [-0.4, -0.2) is 10.8 Å². The molecule has 6 heteroatoms. The van der Waals surface area contributed by atoms with Crippen molar-refractivity contribution in [3.05, 3.63) is 69.8 Å². The minimum Gasteiger partial charge on any atom is -0.326 e. The topological polar surface area (TPSA) is 96.0 Å². The van der Waals surface area contributed by atoms with E-state index >= 15 is 0 Å². The minimum atomic E-state index is -0.508. The number of carbonyl (C=O) groups excluding carboxylic acids is 1. The molecule has 1 amide bonds. The summed E-state index contributed by atoms with van der Waals surface area (Å²) in [6, 6.07) is 14.9. The maximum atomic E-state index is 11.9. The normalized spacial score (nSPS) is 9.77. The van der Waals surface area contributed by atoms with Gasteiger partial charge in [-0.1, -0.05) is 18.2 Å². The van der Waals surface area contributed by atoms with Gasteiger partial charge in [-0.15, -0.1) is 0 Å². The van der Waals surface area contributed by atoms with E-state index in [0.717, 1.165) is 5.56 Å². The third-order valence-electron chi connectivity index (χ3n) is 3.06. The van der Waals surface area contributed by atoms with Crippen LogP contribution >= 0.6 is 0 Å². The maximum absolute atomic E-state index is 11.9. The number of anilines is 1. The highest BCUT2D eigenvalue weighted by Crippen LogP contribution is 2.17. The summed E-state index contributed by atoms with van der Waals surface area (Å²) in [5, 5.41) is 22.0. The van der Waals surface area contributed by atoms with Crippen molar-refractivity contribution in [2.24, 2.45) is 0 Å². The lowest BCUT2D eigenvalue weighted by Crippen LogP contribution is -2.12. The molecule has 0 heterocycles. The molecule has 0 aliphatic carbocycles. The zero-order valence-corrected chi connectivity index (χ0v) is 11.7. The second-order valence-corrected chi connectivity index (χ2v) is 4.66. The SMILES string of the molecule is N#Cc1ccc(CCC(=O)Nc2cccc([N+](=O)[O-])c2)cc1. The van der Waals surface area contributed by atoms with Crippen LogP contribution < -0.4 is 5.32 Å². The third-order valence-corrected chi connectivity index (χ3v) is 3.06. The monoisotopic (exact) mass is 295 g/mol. The maximum Gasteiger partial charge on any atom is 0.271 e. The number of nitro benzene ring substituents is 1. The van der Waals surface area contributed by atoms with E-state index in [1.165, 1.54) is 18.2 Å². The minimum absolute atomic E-state index is 0.0649. The van der Waals surface area contributed by atoms with Gasteiger partial charge in [-0.25, -0.2) is 0 Å². The number of non-ortho nitro benzene ring substituents is 1. The van der Waals surface area contributed by atoms with Gasteiger partial charge >= 0.3 is 0 Å². The molecule has 0 saturated carbocycles. The highest BCUT2D eigenvalue weighted by Gasteiger charge is 2.08. The Morgan fingerprint density at radius 1 is 1.23 bits per heavy atom. The first-order valence-electron chi connectivity index (χ1n) is 6.62. The van der Waals surface area contributed by atoms with E-state index in [1.54, 1.807) is 30.3 Å². The molecule has 2 aromatic rings. The molecule has 0 aliphatic rings. The second-order valence-electron chi connectivity index (χ2n) is 4.66. The number of rotatable bonds is 5. The fraction of sp³-hybridized carbons (Fsp3) is 0.125. The molecule has 0 bridgehead atoms. The van der Waals surface area contributed by atoms with Gasteiger partial charge in [0.25, 0.3) is 5.69 Å². The first-order valence-corrected chi connectivity index (χ1v) is 6.62. The summed E-state index contributed by atoms with van der Waals surface area (Å²) in [7, 11) is 0. The van der Waals surface area contributed by atoms with Gasteiger partial charge in [-0.3, -0.25) is 14.9 Å². The molecule has 6 nitrogen and oxygen atoms in total. The van der Waals surface area contributed by atoms with E-state index in [9.17, 15) is 14.9 Å². The molecule has 1 N–H and O–H groups in total. The molecular formula is C16H13N3O3. The Hall–Kier alpha value is -3.20. The molecule has 0 aliphatic heterocycles. The predicted molar refractivity (Wildman–Crippen MR) is 81.2 cm³/mol. The molecular weight excluding hydrogens is 282 g/mol. The fourth-order valence-electron chi connectivity index (χ4n) is 1.92. The largest absolute Gasteiger partial charge is 0.326 e. The number of benzene rings is 2. The Kier molecular flexibility index (Phi) is 4.83. The number of carbonyl (C=O) groups is 1. The molecule has 0 aromatic heterocycles. The van der Waals surface area contributed by atoms with Crippen molar-refractivity contribution in [3.8, 4) is 6.07 Å². The number of nitrogens with one attached hydrogen (secondary N) is 1. The van der Waals surface area contributed by atoms with Crippen LogP contribution in [0.3, 0.4) is 0 Å². The molecule has 110 valence electrons. The molecule has 2 rings (SSSR count). The molecule has 0 atom stereocenters. The van der Waals surface area contributed by atoms with Crippen molar-refractivity contribution in [2.75, 3.05) is 5.32 Å². The van der Waals surface area contributed by atoms with E-state index in [-0.39, 0.29) is 18.0 Å².